The van der Waals surface area contributed by atoms with E-state index < -0.39 is 69.8 Å². The molecule has 2 N–H and O–H groups in total. The standard InChI is InChI=1S/C14H18N4O5.C13H16N4O5.C10H12N4O4.C4H7BrO/c1-5-9(19)6-17-12(20)10-11(16(3)14(17)22)15-7-18(10)8(2)13(21)23-4;1-4-8(18)5-16-11(19)9-10(15(3)13(16)22)14-6-17(9)7(2)12(20)21;1-5(9(16)18-3)14-4-11-7-6(14)8(15)12-10(17)13(7)2;1-2-4(6)3-5/h7-8H,5-6H2,1-4H3;6-7H,4-5H2,1-3H3,(H,20,21);4-5H,1-3H3,(H,12,15,17);2-3H2,1H3/t8-;7-;5-;/m000./s1. The summed E-state index contributed by atoms with van der Waals surface area (Å²) in [5, 5.41) is 9.60. The van der Waals surface area contributed by atoms with Gasteiger partial charge in [-0.2, -0.15) is 0 Å². The third kappa shape index (κ3) is 11.9. The van der Waals surface area contributed by atoms with Gasteiger partial charge in [-0.15, -0.1) is 0 Å². The number of carbonyl (C=O) groups is 6. The molecule has 374 valence electrons. The van der Waals surface area contributed by atoms with E-state index >= 15 is 0 Å². The molecule has 0 spiro atoms. The fourth-order valence-electron chi connectivity index (χ4n) is 6.25. The number of H-pyrrole nitrogens is 1. The van der Waals surface area contributed by atoms with Gasteiger partial charge in [0.1, 0.15) is 23.9 Å². The number of carbonyl (C=O) groups excluding carboxylic acids is 5. The number of aromatic amines is 1. The first-order valence-electron chi connectivity index (χ1n) is 20.9. The average molecular weight is 1030 g/mol. The highest BCUT2D eigenvalue weighted by Gasteiger charge is 2.25. The van der Waals surface area contributed by atoms with E-state index in [2.05, 4.69) is 45.3 Å². The van der Waals surface area contributed by atoms with Crippen LogP contribution in [0.25, 0.3) is 33.5 Å². The van der Waals surface area contributed by atoms with E-state index in [4.69, 9.17) is 5.11 Å². The maximum absolute atomic E-state index is 12.6. The molecule has 28 heteroatoms. The lowest BCUT2D eigenvalue weighted by molar-refractivity contribution is -0.144. The molecule has 3 atom stereocenters. The van der Waals surface area contributed by atoms with Crippen LogP contribution in [-0.4, -0.2) is 116 Å². The number of esters is 2. The quantitative estimate of drug-likeness (QED) is 0.104. The van der Waals surface area contributed by atoms with E-state index in [0.29, 0.717) is 11.8 Å². The minimum Gasteiger partial charge on any atom is -0.480 e. The van der Waals surface area contributed by atoms with Crippen LogP contribution in [0, 0.1) is 0 Å². The third-order valence-corrected chi connectivity index (χ3v) is 11.3. The van der Waals surface area contributed by atoms with E-state index in [1.807, 2.05) is 6.92 Å². The number of ketones is 3. The number of rotatable bonds is 14. The molecule has 0 saturated carbocycles. The average Bonchev–Trinajstić information content (AvgIpc) is 4.12. The molecule has 0 unspecified atom stereocenters. The number of aromatic nitrogens is 12. The maximum Gasteiger partial charge on any atom is 0.332 e. The Kier molecular flexibility index (Phi) is 19.3. The number of nitrogens with one attached hydrogen (secondary N) is 1. The number of halogens is 1. The van der Waals surface area contributed by atoms with Gasteiger partial charge in [-0.1, -0.05) is 36.7 Å². The molecule has 0 aliphatic heterocycles. The van der Waals surface area contributed by atoms with Crippen LogP contribution in [0.15, 0.2) is 47.7 Å². The number of fused-ring (bicyclic) bond motifs is 3. The summed E-state index contributed by atoms with van der Waals surface area (Å²) in [6.45, 7) is 9.02. The summed E-state index contributed by atoms with van der Waals surface area (Å²) < 4.78 is 18.4. The summed E-state index contributed by atoms with van der Waals surface area (Å²) in [5.74, 6) is -2.43. The second-order valence-corrected chi connectivity index (χ2v) is 15.5. The second-order valence-electron chi connectivity index (χ2n) is 15.0. The van der Waals surface area contributed by atoms with Gasteiger partial charge in [0.15, 0.2) is 45.1 Å². The Morgan fingerprint density at radius 2 is 0.942 bits per heavy atom. The zero-order valence-electron chi connectivity index (χ0n) is 39.7. The van der Waals surface area contributed by atoms with E-state index in [1.165, 1.54) is 84.1 Å². The zero-order chi connectivity index (χ0) is 52.3. The number of aliphatic carboxylic acids is 1. The minimum atomic E-state index is -1.14. The highest BCUT2D eigenvalue weighted by molar-refractivity contribution is 9.09. The van der Waals surface area contributed by atoms with Crippen molar-refractivity contribution >= 4 is 84.7 Å². The highest BCUT2D eigenvalue weighted by Crippen LogP contribution is 2.16. The summed E-state index contributed by atoms with van der Waals surface area (Å²) in [6, 6.07) is -2.50. The first-order chi connectivity index (χ1) is 32.4. The van der Waals surface area contributed by atoms with Gasteiger partial charge in [0, 0.05) is 40.4 Å². The van der Waals surface area contributed by atoms with Crippen LogP contribution in [0.1, 0.15) is 78.9 Å². The molecule has 0 aliphatic rings. The van der Waals surface area contributed by atoms with Crippen LogP contribution in [0.2, 0.25) is 0 Å². The molecule has 27 nitrogen and oxygen atoms in total. The van der Waals surface area contributed by atoms with Crippen molar-refractivity contribution in [3.63, 3.8) is 0 Å². The van der Waals surface area contributed by atoms with E-state index in [0.717, 1.165) is 13.7 Å². The Bertz CT molecular complexity index is 3300. The lowest BCUT2D eigenvalue weighted by Gasteiger charge is -2.13. The number of hydrogen-bond acceptors (Lipinski definition) is 17. The van der Waals surface area contributed by atoms with Crippen molar-refractivity contribution in [2.45, 2.75) is 92.0 Å². The zero-order valence-corrected chi connectivity index (χ0v) is 41.3. The number of aryl methyl sites for hydroxylation is 3. The summed E-state index contributed by atoms with van der Waals surface area (Å²) >= 11 is 3.03. The number of alkyl halides is 1. The highest BCUT2D eigenvalue weighted by atomic mass is 79.9. The fourth-order valence-corrected chi connectivity index (χ4v) is 6.64. The molecule has 0 bridgehead atoms. The summed E-state index contributed by atoms with van der Waals surface area (Å²) in [6.07, 6.45) is 4.89. The van der Waals surface area contributed by atoms with Crippen LogP contribution in [0.3, 0.4) is 0 Å². The van der Waals surface area contributed by atoms with Crippen LogP contribution in [0.4, 0.5) is 0 Å². The third-order valence-electron chi connectivity index (χ3n) is 10.6. The molecule has 0 radical (unpaired) electrons. The Morgan fingerprint density at radius 3 is 1.26 bits per heavy atom. The molecule has 0 aromatic carbocycles. The van der Waals surface area contributed by atoms with Crippen molar-refractivity contribution in [2.75, 3.05) is 19.5 Å². The molecular weight excluding hydrogens is 980 g/mol. The number of carboxylic acids is 1. The fraction of sp³-hybridized carbons (Fsp3) is 0.488. The minimum absolute atomic E-state index is 0.0131. The molecule has 0 saturated heterocycles. The van der Waals surface area contributed by atoms with Crippen LogP contribution in [-0.2, 0) is 72.5 Å². The van der Waals surface area contributed by atoms with Crippen molar-refractivity contribution in [1.29, 1.82) is 0 Å². The van der Waals surface area contributed by atoms with Crippen LogP contribution >= 0.6 is 15.9 Å². The molecular formula is C41H53BrN12O15. The van der Waals surface area contributed by atoms with Gasteiger partial charge >= 0.3 is 35.0 Å². The SMILES string of the molecule is CCC(=O)CBr.CCC(=O)Cn1c(=O)c2c(ncn2[C@@H](C)C(=O)O)n(C)c1=O.CCC(=O)Cn1c(=O)c2c(ncn2[C@@H](C)C(=O)OC)n(C)c1=O.COC(=O)[C@H](C)n1cnc2c1c(=O)[nH]c(=O)n2C. The van der Waals surface area contributed by atoms with E-state index in [1.54, 1.807) is 27.7 Å². The Labute approximate surface area is 397 Å². The normalized spacial score (nSPS) is 12.1. The van der Waals surface area contributed by atoms with Crippen molar-refractivity contribution < 1.29 is 43.3 Å². The van der Waals surface area contributed by atoms with Gasteiger partial charge in [-0.25, -0.2) is 43.7 Å². The predicted molar refractivity (Wildman–Crippen MR) is 250 cm³/mol. The monoisotopic (exact) mass is 1030 g/mol. The molecule has 0 amide bonds. The number of hydrogen-bond donors (Lipinski definition) is 2. The van der Waals surface area contributed by atoms with Crippen molar-refractivity contribution in [3.8, 4) is 0 Å². The largest absolute Gasteiger partial charge is 0.480 e. The topological polar surface area (TPSA) is 337 Å². The summed E-state index contributed by atoms with van der Waals surface area (Å²) in [7, 11) is 6.86. The molecule has 6 aromatic heterocycles. The van der Waals surface area contributed by atoms with Gasteiger partial charge in [0.05, 0.1) is 51.6 Å². The van der Waals surface area contributed by atoms with Crippen molar-refractivity contribution in [3.05, 3.63) is 81.5 Å². The van der Waals surface area contributed by atoms with Gasteiger partial charge in [0.25, 0.3) is 16.7 Å². The number of carboxylic acid groups (broad SMARTS) is 1. The number of ether oxygens (including phenoxy) is 2. The Hall–Kier alpha value is -7.65. The summed E-state index contributed by atoms with van der Waals surface area (Å²) in [5.41, 5.74) is -3.11. The summed E-state index contributed by atoms with van der Waals surface area (Å²) in [4.78, 5) is 155. The Morgan fingerprint density at radius 1 is 0.594 bits per heavy atom. The van der Waals surface area contributed by atoms with Gasteiger partial charge in [0.2, 0.25) is 0 Å². The Balaban J connectivity index is 0.000000260. The van der Waals surface area contributed by atoms with Crippen LogP contribution in [0.5, 0.6) is 0 Å². The molecule has 0 fully saturated rings. The number of methoxy groups -OCH3 is 2. The first kappa shape index (κ1) is 55.7. The first-order valence-corrected chi connectivity index (χ1v) is 22.0. The molecule has 0 aliphatic carbocycles. The van der Waals surface area contributed by atoms with Crippen molar-refractivity contribution in [2.24, 2.45) is 21.1 Å². The maximum atomic E-state index is 12.6. The molecule has 6 aromatic rings. The molecule has 69 heavy (non-hydrogen) atoms. The van der Waals surface area contributed by atoms with Gasteiger partial charge in [-0.3, -0.25) is 56.6 Å². The van der Waals surface area contributed by atoms with E-state index in [9.17, 15) is 57.5 Å². The van der Waals surface area contributed by atoms with Crippen molar-refractivity contribution in [1.82, 2.24) is 56.5 Å². The van der Waals surface area contributed by atoms with Gasteiger partial charge < -0.3 is 28.3 Å². The lowest BCUT2D eigenvalue weighted by atomic mass is 10.3. The predicted octanol–water partition coefficient (Wildman–Crippen LogP) is -0.351. The van der Waals surface area contributed by atoms with E-state index in [-0.39, 0.29) is 76.8 Å². The number of nitrogens with zero attached hydrogens (tertiary/aromatic N) is 11. The van der Waals surface area contributed by atoms with Crippen LogP contribution < -0.4 is 33.7 Å². The molecule has 6 heterocycles. The second kappa shape index (κ2) is 23.9. The lowest BCUT2D eigenvalue weighted by Crippen LogP contribution is -2.41. The van der Waals surface area contributed by atoms with Gasteiger partial charge in [-0.05, 0) is 20.8 Å². The smallest absolute Gasteiger partial charge is 0.332 e. The number of Topliss-reactive ketones (excluding diaryl/α,β-unsaturated/α-hetero) is 3. The number of imidazole rings is 3. The molecule has 6 rings (SSSR count).